The third-order valence-corrected chi connectivity index (χ3v) is 5.31. The molecule has 6 nitrogen and oxygen atoms in total. The van der Waals surface area contributed by atoms with E-state index in [0.29, 0.717) is 44.1 Å². The molecule has 2 heterocycles. The third-order valence-electron chi connectivity index (χ3n) is 5.31. The zero-order valence-electron chi connectivity index (χ0n) is 16.2. The van der Waals surface area contributed by atoms with Crippen molar-refractivity contribution < 1.29 is 9.18 Å². The average Bonchev–Trinajstić information content (AvgIpc) is 2.74. The summed E-state index contributed by atoms with van der Waals surface area (Å²) in [6, 6.07) is 14.0. The van der Waals surface area contributed by atoms with Crippen LogP contribution in [0.1, 0.15) is 17.8 Å². The van der Waals surface area contributed by atoms with Crippen LogP contribution < -0.4 is 5.73 Å². The number of nitrogen functional groups attached to an aromatic ring is 1. The summed E-state index contributed by atoms with van der Waals surface area (Å²) >= 11 is 0. The number of nitrogens with two attached hydrogens (primary N) is 1. The fourth-order valence-corrected chi connectivity index (χ4v) is 3.64. The largest absolute Gasteiger partial charge is 0.383 e. The first kappa shape index (κ1) is 19.3. The van der Waals surface area contributed by atoms with Crippen LogP contribution in [0.15, 0.2) is 48.5 Å². The van der Waals surface area contributed by atoms with E-state index in [0.717, 1.165) is 29.6 Å². The molecule has 1 amide bonds. The molecule has 150 valence electrons. The van der Waals surface area contributed by atoms with Gasteiger partial charge in [-0.1, -0.05) is 24.3 Å². The standard InChI is InChI=1S/C22H24FN5O/c23-17-8-5-16(6-9-17)7-10-21(29)28-13-11-27(12-14-28)15-20-25-19-4-2-1-3-18(19)22(24)26-20/h1-6,8-9H,7,10-15H2,(H2,24,25,26). The van der Waals surface area contributed by atoms with Gasteiger partial charge in [-0.2, -0.15) is 0 Å². The second-order valence-corrected chi connectivity index (χ2v) is 7.33. The summed E-state index contributed by atoms with van der Waals surface area (Å²) in [5, 5.41) is 0.868. The number of amides is 1. The van der Waals surface area contributed by atoms with Gasteiger partial charge in [0.15, 0.2) is 0 Å². The molecule has 29 heavy (non-hydrogen) atoms. The summed E-state index contributed by atoms with van der Waals surface area (Å²) in [7, 11) is 0. The summed E-state index contributed by atoms with van der Waals surface area (Å²) in [6.45, 7) is 3.54. The minimum absolute atomic E-state index is 0.139. The molecular formula is C22H24FN5O. The second kappa shape index (κ2) is 8.53. The molecule has 1 aliphatic heterocycles. The van der Waals surface area contributed by atoms with Gasteiger partial charge in [-0.3, -0.25) is 9.69 Å². The fourth-order valence-electron chi connectivity index (χ4n) is 3.64. The molecule has 1 saturated heterocycles. The number of rotatable bonds is 5. The molecular weight excluding hydrogens is 369 g/mol. The monoisotopic (exact) mass is 393 g/mol. The number of benzene rings is 2. The highest BCUT2D eigenvalue weighted by atomic mass is 19.1. The highest BCUT2D eigenvalue weighted by molar-refractivity contribution is 5.87. The SMILES string of the molecule is Nc1nc(CN2CCN(C(=O)CCc3ccc(F)cc3)CC2)nc2ccccc12. The van der Waals surface area contributed by atoms with E-state index in [1.165, 1.54) is 12.1 Å². The number of para-hydroxylation sites is 1. The Kier molecular flexibility index (Phi) is 5.67. The Balaban J connectivity index is 1.29. The molecule has 1 aliphatic rings. The van der Waals surface area contributed by atoms with Crippen LogP contribution in [0.25, 0.3) is 10.9 Å². The topological polar surface area (TPSA) is 75.3 Å². The molecule has 7 heteroatoms. The van der Waals surface area contributed by atoms with E-state index >= 15 is 0 Å². The number of carbonyl (C=O) groups excluding carboxylic acids is 1. The van der Waals surface area contributed by atoms with Crippen LogP contribution in [-0.2, 0) is 17.8 Å². The highest BCUT2D eigenvalue weighted by Crippen LogP contribution is 2.18. The minimum atomic E-state index is -0.256. The van der Waals surface area contributed by atoms with Crippen molar-refractivity contribution in [1.82, 2.24) is 19.8 Å². The number of fused-ring (bicyclic) bond motifs is 1. The van der Waals surface area contributed by atoms with Crippen molar-refractivity contribution in [2.24, 2.45) is 0 Å². The van der Waals surface area contributed by atoms with Crippen LogP contribution in [-0.4, -0.2) is 51.9 Å². The molecule has 1 fully saturated rings. The number of piperazine rings is 1. The maximum absolute atomic E-state index is 13.0. The molecule has 2 N–H and O–H groups in total. The van der Waals surface area contributed by atoms with Crippen LogP contribution in [0.5, 0.6) is 0 Å². The van der Waals surface area contributed by atoms with Gasteiger partial charge in [-0.25, -0.2) is 14.4 Å². The van der Waals surface area contributed by atoms with Gasteiger partial charge in [-0.05, 0) is 36.2 Å². The van der Waals surface area contributed by atoms with Crippen molar-refractivity contribution in [2.75, 3.05) is 31.9 Å². The lowest BCUT2D eigenvalue weighted by molar-refractivity contribution is -0.133. The number of aryl methyl sites for hydroxylation is 1. The van der Waals surface area contributed by atoms with E-state index in [1.54, 1.807) is 12.1 Å². The number of carbonyl (C=O) groups is 1. The lowest BCUT2D eigenvalue weighted by Gasteiger charge is -2.34. The molecule has 0 radical (unpaired) electrons. The van der Waals surface area contributed by atoms with Crippen LogP contribution in [0.4, 0.5) is 10.2 Å². The van der Waals surface area contributed by atoms with Gasteiger partial charge in [0.05, 0.1) is 12.1 Å². The third kappa shape index (κ3) is 4.68. The second-order valence-electron chi connectivity index (χ2n) is 7.33. The molecule has 1 aromatic heterocycles. The minimum Gasteiger partial charge on any atom is -0.383 e. The highest BCUT2D eigenvalue weighted by Gasteiger charge is 2.21. The molecule has 2 aromatic carbocycles. The number of anilines is 1. The molecule has 0 bridgehead atoms. The van der Waals surface area contributed by atoms with Crippen molar-refractivity contribution in [3.8, 4) is 0 Å². The number of hydrogen-bond donors (Lipinski definition) is 1. The Labute approximate surface area is 169 Å². The van der Waals surface area contributed by atoms with Crippen LogP contribution >= 0.6 is 0 Å². The molecule has 0 saturated carbocycles. The fraction of sp³-hybridized carbons (Fsp3) is 0.318. The summed E-state index contributed by atoms with van der Waals surface area (Å²) < 4.78 is 13.0. The van der Waals surface area contributed by atoms with E-state index in [9.17, 15) is 9.18 Å². The first-order chi connectivity index (χ1) is 14.1. The van der Waals surface area contributed by atoms with Gasteiger partial charge in [0.2, 0.25) is 5.91 Å². The van der Waals surface area contributed by atoms with Gasteiger partial charge in [0.25, 0.3) is 0 Å². The Morgan fingerprint density at radius 3 is 2.48 bits per heavy atom. The predicted molar refractivity (Wildman–Crippen MR) is 111 cm³/mol. The van der Waals surface area contributed by atoms with Crippen LogP contribution in [0, 0.1) is 5.82 Å². The van der Waals surface area contributed by atoms with Crippen LogP contribution in [0.2, 0.25) is 0 Å². The average molecular weight is 393 g/mol. The molecule has 0 aliphatic carbocycles. The molecule has 3 aromatic rings. The van der Waals surface area contributed by atoms with Crippen molar-refractivity contribution >= 4 is 22.6 Å². The van der Waals surface area contributed by atoms with Gasteiger partial charge in [-0.15, -0.1) is 0 Å². The zero-order valence-corrected chi connectivity index (χ0v) is 16.2. The Bertz CT molecular complexity index is 1000. The van der Waals surface area contributed by atoms with Gasteiger partial charge >= 0.3 is 0 Å². The molecule has 0 unspecified atom stereocenters. The van der Waals surface area contributed by atoms with Crippen LogP contribution in [0.3, 0.4) is 0 Å². The summed E-state index contributed by atoms with van der Waals surface area (Å²) in [4.78, 5) is 25.7. The first-order valence-electron chi connectivity index (χ1n) is 9.84. The molecule has 4 rings (SSSR count). The summed E-state index contributed by atoms with van der Waals surface area (Å²) in [6.07, 6.45) is 1.07. The smallest absolute Gasteiger partial charge is 0.222 e. The normalized spacial score (nSPS) is 15.0. The molecule has 0 atom stereocenters. The quantitative estimate of drug-likeness (QED) is 0.721. The molecule has 0 spiro atoms. The van der Waals surface area contributed by atoms with E-state index in [2.05, 4.69) is 14.9 Å². The van der Waals surface area contributed by atoms with Gasteiger partial charge in [0.1, 0.15) is 17.5 Å². The van der Waals surface area contributed by atoms with E-state index in [1.807, 2.05) is 29.2 Å². The first-order valence-corrected chi connectivity index (χ1v) is 9.84. The Hall–Kier alpha value is -3.06. The van der Waals surface area contributed by atoms with Gasteiger partial charge in [0, 0.05) is 38.0 Å². The lowest BCUT2D eigenvalue weighted by atomic mass is 10.1. The number of halogens is 1. The van der Waals surface area contributed by atoms with Crippen molar-refractivity contribution in [1.29, 1.82) is 0 Å². The maximum atomic E-state index is 13.0. The number of aromatic nitrogens is 2. The van der Waals surface area contributed by atoms with E-state index in [4.69, 9.17) is 5.73 Å². The Morgan fingerprint density at radius 1 is 1.00 bits per heavy atom. The van der Waals surface area contributed by atoms with Gasteiger partial charge < -0.3 is 10.6 Å². The maximum Gasteiger partial charge on any atom is 0.222 e. The summed E-state index contributed by atoms with van der Waals surface area (Å²) in [5.74, 6) is 1.09. The lowest BCUT2D eigenvalue weighted by Crippen LogP contribution is -2.48. The number of hydrogen-bond acceptors (Lipinski definition) is 5. The predicted octanol–water partition coefficient (Wildman–Crippen LogP) is 2.63. The van der Waals surface area contributed by atoms with Crippen molar-refractivity contribution in [2.45, 2.75) is 19.4 Å². The van der Waals surface area contributed by atoms with Crippen molar-refractivity contribution in [3.05, 3.63) is 65.7 Å². The zero-order chi connectivity index (χ0) is 20.2. The van der Waals surface area contributed by atoms with E-state index < -0.39 is 0 Å². The Morgan fingerprint density at radius 2 is 1.72 bits per heavy atom. The number of nitrogens with zero attached hydrogens (tertiary/aromatic N) is 4. The van der Waals surface area contributed by atoms with E-state index in [-0.39, 0.29) is 11.7 Å². The summed E-state index contributed by atoms with van der Waals surface area (Å²) in [5.41, 5.74) is 7.90. The van der Waals surface area contributed by atoms with Crippen molar-refractivity contribution in [3.63, 3.8) is 0 Å².